The Kier molecular flexibility index (Phi) is 7.05. The lowest BCUT2D eigenvalue weighted by Crippen LogP contribution is -2.63. The van der Waals surface area contributed by atoms with Crippen LogP contribution < -0.4 is 5.32 Å². The minimum atomic E-state index is -0.0237. The molecule has 7 rings (SSSR count). The monoisotopic (exact) mass is 556 g/mol. The van der Waals surface area contributed by atoms with E-state index in [2.05, 4.69) is 41.4 Å². The summed E-state index contributed by atoms with van der Waals surface area (Å²) in [6.45, 7) is 4.82. The molecule has 0 radical (unpaired) electrons. The zero-order valence-corrected chi connectivity index (χ0v) is 24.3. The lowest BCUT2D eigenvalue weighted by Gasteiger charge is -2.56. The minimum Gasteiger partial charge on any atom is -0.322 e. The van der Waals surface area contributed by atoms with E-state index >= 15 is 0 Å². The van der Waals surface area contributed by atoms with E-state index in [4.69, 9.17) is 11.6 Å². The molecule has 6 heteroatoms. The van der Waals surface area contributed by atoms with Crippen molar-refractivity contribution in [3.05, 3.63) is 64.2 Å². The number of carbonyl (C=O) groups excluding carboxylic acids is 1. The molecular formula is C34H41ClN4O. The molecule has 0 spiro atoms. The minimum absolute atomic E-state index is 0.0237. The molecule has 5 aliphatic rings. The molecule has 40 heavy (non-hydrogen) atoms. The molecule has 8 atom stereocenters. The molecule has 2 amide bonds. The summed E-state index contributed by atoms with van der Waals surface area (Å²) < 4.78 is 0. The number of carbonyl (C=O) groups is 1. The summed E-state index contributed by atoms with van der Waals surface area (Å²) in [6, 6.07) is 17.8. The quantitative estimate of drug-likeness (QED) is 0.438. The number of aryl methyl sites for hydroxylation is 1. The highest BCUT2D eigenvalue weighted by molar-refractivity contribution is 6.30. The fourth-order valence-electron chi connectivity index (χ4n) is 8.86. The molecule has 2 aliphatic heterocycles. The molecule has 2 aromatic rings. The highest BCUT2D eigenvalue weighted by Crippen LogP contribution is 2.57. The van der Waals surface area contributed by atoms with Crippen LogP contribution >= 0.6 is 11.6 Å². The third-order valence-electron chi connectivity index (χ3n) is 11.1. The van der Waals surface area contributed by atoms with Crippen LogP contribution in [-0.2, 0) is 12.8 Å². The number of rotatable bonds is 3. The van der Waals surface area contributed by atoms with Crippen LogP contribution in [0.25, 0.3) is 0 Å². The van der Waals surface area contributed by atoms with Crippen molar-refractivity contribution in [3.8, 4) is 6.07 Å². The van der Waals surface area contributed by atoms with E-state index in [0.29, 0.717) is 40.8 Å². The van der Waals surface area contributed by atoms with Crippen LogP contribution in [0.15, 0.2) is 42.5 Å². The first-order valence-electron chi connectivity index (χ1n) is 15.6. The third kappa shape index (κ3) is 4.82. The molecule has 2 saturated heterocycles. The zero-order chi connectivity index (χ0) is 27.4. The largest absolute Gasteiger partial charge is 0.322 e. The standard InChI is InChI=1S/C34H41ClN4O/c1-21-15-29-23(16-31(29)28-8-4-6-22-5-2-3-7-27(22)28)18-32(30-17-24(30)19-36)39-14-13-38(20-33(21)39)34(40)37-26-11-9-25(35)10-12-26/h4,6,8-12,21,23-24,29-33H,2-3,5,7,13-18,20H2,1H3,(H,37,40)/t21?,23-,24?,29?,30?,31?,32?,33?/m0/s1. The van der Waals surface area contributed by atoms with Gasteiger partial charge < -0.3 is 10.2 Å². The smallest absolute Gasteiger partial charge is 0.321 e. The van der Waals surface area contributed by atoms with Gasteiger partial charge in [0.25, 0.3) is 0 Å². The normalized spacial score (nSPS) is 35.1. The van der Waals surface area contributed by atoms with Gasteiger partial charge in [-0.1, -0.05) is 36.7 Å². The number of benzene rings is 2. The molecule has 7 unspecified atom stereocenters. The van der Waals surface area contributed by atoms with Crippen LogP contribution in [0, 0.1) is 40.9 Å². The molecule has 3 aliphatic carbocycles. The second-order valence-electron chi connectivity index (χ2n) is 13.3. The van der Waals surface area contributed by atoms with Crippen LogP contribution in [0.2, 0.25) is 5.02 Å². The Bertz CT molecular complexity index is 1300. The van der Waals surface area contributed by atoms with Crippen molar-refractivity contribution in [2.45, 2.75) is 76.3 Å². The summed E-state index contributed by atoms with van der Waals surface area (Å²) in [5.41, 5.74) is 5.69. The van der Waals surface area contributed by atoms with E-state index < -0.39 is 0 Å². The number of hydrogen-bond donors (Lipinski definition) is 1. The molecule has 2 aromatic carbocycles. The van der Waals surface area contributed by atoms with Crippen molar-refractivity contribution in [2.75, 3.05) is 25.0 Å². The number of amides is 2. The Morgan fingerprint density at radius 3 is 2.60 bits per heavy atom. The van der Waals surface area contributed by atoms with E-state index in [1.54, 1.807) is 16.7 Å². The Labute approximate surface area is 243 Å². The fraction of sp³-hybridized carbons (Fsp3) is 0.588. The van der Waals surface area contributed by atoms with Gasteiger partial charge in [-0.25, -0.2) is 4.79 Å². The van der Waals surface area contributed by atoms with Crippen molar-refractivity contribution in [3.63, 3.8) is 0 Å². The molecule has 4 fully saturated rings. The number of anilines is 1. The van der Waals surface area contributed by atoms with Crippen LogP contribution in [0.4, 0.5) is 10.5 Å². The van der Waals surface area contributed by atoms with Gasteiger partial charge in [0.1, 0.15) is 0 Å². The van der Waals surface area contributed by atoms with Gasteiger partial charge in [-0.15, -0.1) is 0 Å². The SMILES string of the molecule is CC1CC2C(c3cccc4c3CCCC4)C[C@H]2CC(C2CC2C#N)N2CCN(C(=O)Nc3ccc(Cl)cc3)CC12. The molecule has 1 N–H and O–H groups in total. The number of nitrogens with zero attached hydrogens (tertiary/aromatic N) is 3. The molecule has 5 nitrogen and oxygen atoms in total. The van der Waals surface area contributed by atoms with Gasteiger partial charge in [-0.2, -0.15) is 5.26 Å². The van der Waals surface area contributed by atoms with Crippen LogP contribution in [0.1, 0.15) is 68.1 Å². The third-order valence-corrected chi connectivity index (χ3v) is 11.4. The van der Waals surface area contributed by atoms with Crippen LogP contribution in [0.5, 0.6) is 0 Å². The second-order valence-corrected chi connectivity index (χ2v) is 13.7. The van der Waals surface area contributed by atoms with Gasteiger partial charge in [0, 0.05) is 42.4 Å². The van der Waals surface area contributed by atoms with E-state index in [0.717, 1.165) is 37.7 Å². The van der Waals surface area contributed by atoms with Gasteiger partial charge in [-0.3, -0.25) is 4.90 Å². The van der Waals surface area contributed by atoms with E-state index in [1.807, 2.05) is 29.2 Å². The summed E-state index contributed by atoms with van der Waals surface area (Å²) in [5.74, 6) is 3.35. The molecule has 0 bridgehead atoms. The molecule has 2 saturated carbocycles. The fourth-order valence-corrected chi connectivity index (χ4v) is 8.98. The summed E-state index contributed by atoms with van der Waals surface area (Å²) in [4.78, 5) is 18.1. The number of piperazine rings is 1. The Morgan fingerprint density at radius 1 is 0.975 bits per heavy atom. The highest BCUT2D eigenvalue weighted by atomic mass is 35.5. The van der Waals surface area contributed by atoms with Gasteiger partial charge in [0.2, 0.25) is 0 Å². The van der Waals surface area contributed by atoms with E-state index in [9.17, 15) is 10.1 Å². The maximum atomic E-state index is 13.3. The predicted molar refractivity (Wildman–Crippen MR) is 159 cm³/mol. The number of fused-ring (bicyclic) bond motifs is 3. The Hall–Kier alpha value is -2.55. The average Bonchev–Trinajstić information content (AvgIpc) is 3.75. The van der Waals surface area contributed by atoms with Gasteiger partial charge in [0.15, 0.2) is 0 Å². The van der Waals surface area contributed by atoms with Crippen molar-refractivity contribution < 1.29 is 4.79 Å². The number of nitriles is 1. The maximum Gasteiger partial charge on any atom is 0.321 e. The first-order valence-corrected chi connectivity index (χ1v) is 16.0. The Morgan fingerprint density at radius 2 is 1.80 bits per heavy atom. The van der Waals surface area contributed by atoms with Crippen molar-refractivity contribution in [1.82, 2.24) is 9.80 Å². The van der Waals surface area contributed by atoms with Gasteiger partial charge in [-0.05, 0) is 122 Å². The van der Waals surface area contributed by atoms with E-state index in [1.165, 1.54) is 44.9 Å². The van der Waals surface area contributed by atoms with Crippen molar-refractivity contribution >= 4 is 23.3 Å². The molecule has 0 aromatic heterocycles. The van der Waals surface area contributed by atoms with Crippen LogP contribution in [-0.4, -0.2) is 47.5 Å². The number of nitrogens with one attached hydrogen (secondary N) is 1. The molecular weight excluding hydrogens is 516 g/mol. The first kappa shape index (κ1) is 26.4. The summed E-state index contributed by atoms with van der Waals surface area (Å²) in [5, 5.41) is 13.5. The highest BCUT2D eigenvalue weighted by Gasteiger charge is 2.54. The topological polar surface area (TPSA) is 59.4 Å². The number of hydrogen-bond acceptors (Lipinski definition) is 3. The average molecular weight is 557 g/mol. The Balaban J connectivity index is 1.12. The summed E-state index contributed by atoms with van der Waals surface area (Å²) in [7, 11) is 0. The van der Waals surface area contributed by atoms with Gasteiger partial charge >= 0.3 is 6.03 Å². The molecule has 2 heterocycles. The van der Waals surface area contributed by atoms with Crippen molar-refractivity contribution in [1.29, 1.82) is 5.26 Å². The number of halogens is 1. The first-order chi connectivity index (χ1) is 19.5. The summed E-state index contributed by atoms with van der Waals surface area (Å²) >= 11 is 6.05. The zero-order valence-electron chi connectivity index (χ0n) is 23.6. The predicted octanol–water partition coefficient (Wildman–Crippen LogP) is 7.11. The van der Waals surface area contributed by atoms with Crippen LogP contribution in [0.3, 0.4) is 0 Å². The lowest BCUT2D eigenvalue weighted by atomic mass is 9.55. The van der Waals surface area contributed by atoms with Gasteiger partial charge in [0.05, 0.1) is 12.0 Å². The number of urea groups is 1. The van der Waals surface area contributed by atoms with E-state index in [-0.39, 0.29) is 11.9 Å². The second kappa shape index (κ2) is 10.7. The lowest BCUT2D eigenvalue weighted by molar-refractivity contribution is -0.0428. The van der Waals surface area contributed by atoms with Crippen molar-refractivity contribution in [2.24, 2.45) is 29.6 Å². The molecule has 210 valence electrons. The summed E-state index contributed by atoms with van der Waals surface area (Å²) in [6.07, 6.45) is 9.95. The maximum absolute atomic E-state index is 13.3.